The van der Waals surface area contributed by atoms with E-state index in [0.29, 0.717) is 6.07 Å². The Labute approximate surface area is 176 Å². The van der Waals surface area contributed by atoms with E-state index in [0.717, 1.165) is 23.0 Å². The third-order valence-electron chi connectivity index (χ3n) is 5.28. The van der Waals surface area contributed by atoms with E-state index in [1.807, 2.05) is 0 Å². The molecule has 1 aliphatic heterocycles. The predicted molar refractivity (Wildman–Crippen MR) is 99.2 cm³/mol. The molecule has 31 heavy (non-hydrogen) atoms. The lowest BCUT2D eigenvalue weighted by molar-refractivity contribution is -0.302. The highest BCUT2D eigenvalue weighted by atomic mass is 35.5. The summed E-state index contributed by atoms with van der Waals surface area (Å²) >= 11 is 5.57. The van der Waals surface area contributed by atoms with Crippen LogP contribution in [0.25, 0.3) is 11.0 Å². The zero-order chi connectivity index (χ0) is 22.7. The number of rotatable bonds is 3. The van der Waals surface area contributed by atoms with Crippen molar-refractivity contribution in [3.8, 4) is 0 Å². The number of nitrogens with zero attached hydrogens (tertiary/aromatic N) is 3. The van der Waals surface area contributed by atoms with Gasteiger partial charge >= 0.3 is 6.18 Å². The Morgan fingerprint density at radius 3 is 2.61 bits per heavy atom. The van der Waals surface area contributed by atoms with Gasteiger partial charge in [-0.25, -0.2) is 14.4 Å². The lowest BCUT2D eigenvalue weighted by Gasteiger charge is -2.34. The maximum absolute atomic E-state index is 13.9. The quantitative estimate of drug-likeness (QED) is 0.439. The van der Waals surface area contributed by atoms with Crippen LogP contribution in [0.1, 0.15) is 17.9 Å². The van der Waals surface area contributed by atoms with E-state index in [4.69, 9.17) is 22.1 Å². The number of nitrogens with two attached hydrogens (primary N) is 1. The highest BCUT2D eigenvalue weighted by Crippen LogP contribution is 2.51. The van der Waals surface area contributed by atoms with Crippen LogP contribution in [-0.4, -0.2) is 53.8 Å². The number of anilines is 1. The summed E-state index contributed by atoms with van der Waals surface area (Å²) in [5.74, 6) is -0.956. The molecule has 0 aliphatic carbocycles. The molecular formula is C18H15ClF4N4O4. The molecule has 0 radical (unpaired) electrons. The van der Waals surface area contributed by atoms with Crippen molar-refractivity contribution in [3.05, 3.63) is 53.2 Å². The molecule has 3 heterocycles. The number of aliphatic hydroxyl groups excluding tert-OH is 2. The minimum absolute atomic E-state index is 0.0359. The summed E-state index contributed by atoms with van der Waals surface area (Å²) in [6, 6.07) is 4.22. The Kier molecular flexibility index (Phi) is 5.10. The molecule has 3 aromatic rings. The van der Waals surface area contributed by atoms with Gasteiger partial charge < -0.3 is 30.4 Å². The third kappa shape index (κ3) is 3.22. The minimum atomic E-state index is -5.42. The molecule has 1 saturated heterocycles. The number of aliphatic hydroxyl groups is 3. The number of hydrogen-bond acceptors (Lipinski definition) is 7. The number of nitrogen functional groups attached to an aromatic ring is 1. The van der Waals surface area contributed by atoms with Crippen molar-refractivity contribution in [2.75, 3.05) is 5.73 Å². The molecule has 4 rings (SSSR count). The van der Waals surface area contributed by atoms with Gasteiger partial charge in [0, 0.05) is 6.20 Å². The highest BCUT2D eigenvalue weighted by molar-refractivity contribution is 6.30. The number of ether oxygens (including phenoxy) is 1. The normalized spacial score (nSPS) is 27.7. The first-order valence-corrected chi connectivity index (χ1v) is 9.17. The Hall–Kier alpha value is -2.51. The zero-order valence-corrected chi connectivity index (χ0v) is 16.1. The number of fused-ring (bicyclic) bond motifs is 1. The molecule has 1 unspecified atom stereocenters. The van der Waals surface area contributed by atoms with E-state index >= 15 is 0 Å². The Morgan fingerprint density at radius 2 is 1.97 bits per heavy atom. The fourth-order valence-corrected chi connectivity index (χ4v) is 3.76. The van der Waals surface area contributed by atoms with E-state index in [2.05, 4.69) is 9.97 Å². The average molecular weight is 463 g/mol. The van der Waals surface area contributed by atoms with Crippen LogP contribution in [0.3, 0.4) is 0 Å². The highest BCUT2D eigenvalue weighted by Gasteiger charge is 2.72. The van der Waals surface area contributed by atoms with Crippen molar-refractivity contribution in [2.24, 2.45) is 0 Å². The van der Waals surface area contributed by atoms with Gasteiger partial charge in [0.1, 0.15) is 41.9 Å². The van der Waals surface area contributed by atoms with Crippen molar-refractivity contribution >= 4 is 28.5 Å². The van der Waals surface area contributed by atoms with Gasteiger partial charge in [-0.1, -0.05) is 17.7 Å². The second-order valence-corrected chi connectivity index (χ2v) is 7.46. The number of benzene rings is 1. The molecule has 5 N–H and O–H groups in total. The van der Waals surface area contributed by atoms with Crippen LogP contribution in [0.4, 0.5) is 23.4 Å². The lowest BCUT2D eigenvalue weighted by atomic mass is 9.86. The molecule has 5 atom stereocenters. The molecule has 0 bridgehead atoms. The van der Waals surface area contributed by atoms with Gasteiger partial charge in [-0.05, 0) is 23.8 Å². The van der Waals surface area contributed by atoms with Crippen molar-refractivity contribution in [1.29, 1.82) is 0 Å². The van der Waals surface area contributed by atoms with Crippen LogP contribution < -0.4 is 5.73 Å². The van der Waals surface area contributed by atoms with E-state index in [1.54, 1.807) is 0 Å². The van der Waals surface area contributed by atoms with Crippen molar-refractivity contribution in [3.63, 3.8) is 0 Å². The smallest absolute Gasteiger partial charge is 0.386 e. The van der Waals surface area contributed by atoms with E-state index in [-0.39, 0.29) is 27.4 Å². The number of halogens is 5. The molecular weight excluding hydrogens is 448 g/mol. The molecule has 2 aromatic heterocycles. The Morgan fingerprint density at radius 1 is 1.26 bits per heavy atom. The first-order chi connectivity index (χ1) is 14.5. The van der Waals surface area contributed by atoms with Gasteiger partial charge in [0.15, 0.2) is 6.23 Å². The van der Waals surface area contributed by atoms with E-state index in [9.17, 15) is 32.9 Å². The second-order valence-electron chi connectivity index (χ2n) is 7.05. The van der Waals surface area contributed by atoms with Crippen LogP contribution in [-0.2, 0) is 4.74 Å². The van der Waals surface area contributed by atoms with E-state index in [1.165, 1.54) is 12.3 Å². The third-order valence-corrected chi connectivity index (χ3v) is 5.59. The van der Waals surface area contributed by atoms with Gasteiger partial charge in [-0.2, -0.15) is 13.2 Å². The largest absolute Gasteiger partial charge is 0.422 e. The van der Waals surface area contributed by atoms with Gasteiger partial charge in [-0.15, -0.1) is 0 Å². The number of aromatic nitrogens is 3. The zero-order valence-electron chi connectivity index (χ0n) is 15.3. The van der Waals surface area contributed by atoms with Crippen LogP contribution in [0, 0.1) is 5.82 Å². The first kappa shape index (κ1) is 21.7. The fraction of sp³-hybridized carbons (Fsp3) is 0.333. The Bertz CT molecular complexity index is 1140. The summed E-state index contributed by atoms with van der Waals surface area (Å²) < 4.78 is 61.9. The van der Waals surface area contributed by atoms with Crippen LogP contribution in [0.2, 0.25) is 5.02 Å². The Balaban J connectivity index is 1.81. The topological polar surface area (TPSA) is 127 Å². The number of hydrogen-bond donors (Lipinski definition) is 4. The van der Waals surface area contributed by atoms with Gasteiger partial charge in [-0.3, -0.25) is 0 Å². The summed E-state index contributed by atoms with van der Waals surface area (Å²) in [6.45, 7) is 0. The predicted octanol–water partition coefficient (Wildman–Crippen LogP) is 2.09. The SMILES string of the molecule is Nc1ncnc2c1ccn2[C@@H]1OC([C@H](O)c2ccc(Cl)c(F)c2)[C@](O)(C(F)(F)F)[C@H]1O. The molecule has 8 nitrogen and oxygen atoms in total. The van der Waals surface area contributed by atoms with Crippen molar-refractivity contribution < 1.29 is 37.6 Å². The molecule has 166 valence electrons. The van der Waals surface area contributed by atoms with Crippen molar-refractivity contribution in [1.82, 2.24) is 14.5 Å². The van der Waals surface area contributed by atoms with Crippen LogP contribution in [0.15, 0.2) is 36.8 Å². The monoisotopic (exact) mass is 462 g/mol. The van der Waals surface area contributed by atoms with Crippen molar-refractivity contribution in [2.45, 2.75) is 36.3 Å². The van der Waals surface area contributed by atoms with Crippen LogP contribution >= 0.6 is 11.6 Å². The maximum atomic E-state index is 13.9. The first-order valence-electron chi connectivity index (χ1n) is 8.79. The fourth-order valence-electron chi connectivity index (χ4n) is 3.64. The summed E-state index contributed by atoms with van der Waals surface area (Å²) in [5.41, 5.74) is 1.51. The summed E-state index contributed by atoms with van der Waals surface area (Å²) in [6.07, 6.45) is -12.1. The molecule has 1 aliphatic rings. The molecule has 0 spiro atoms. The summed E-state index contributed by atoms with van der Waals surface area (Å²) in [7, 11) is 0. The van der Waals surface area contributed by atoms with Gasteiger partial charge in [0.2, 0.25) is 5.60 Å². The summed E-state index contributed by atoms with van der Waals surface area (Å²) in [5, 5.41) is 31.6. The number of alkyl halides is 3. The van der Waals surface area contributed by atoms with E-state index < -0.39 is 42.1 Å². The molecule has 13 heteroatoms. The minimum Gasteiger partial charge on any atom is -0.386 e. The molecule has 0 amide bonds. The standard InChI is InChI=1S/C18H15ClF4N4O4/c19-9-2-1-7(5-10(9)20)11(28)13-17(30,18(21,22)23)12(29)16(31-13)27-4-3-8-14(24)25-6-26-15(8)27/h1-6,11-13,16,28-30H,(H2,24,25,26)/t11-,12+,13?,16-,17+/m1/s1. The average Bonchev–Trinajstić information content (AvgIpc) is 3.24. The maximum Gasteiger partial charge on any atom is 0.422 e. The molecule has 1 fully saturated rings. The molecule has 1 aromatic carbocycles. The summed E-state index contributed by atoms with van der Waals surface area (Å²) in [4.78, 5) is 7.70. The van der Waals surface area contributed by atoms with Crippen LogP contribution in [0.5, 0.6) is 0 Å². The van der Waals surface area contributed by atoms with Gasteiger partial charge in [0.05, 0.1) is 10.4 Å². The van der Waals surface area contributed by atoms with Gasteiger partial charge in [0.25, 0.3) is 0 Å². The lowest BCUT2D eigenvalue weighted by Crippen LogP contribution is -2.60. The molecule has 0 saturated carbocycles. The second kappa shape index (κ2) is 7.28.